The number of carbonyl (C=O) groups is 3. The van der Waals surface area contributed by atoms with Crippen LogP contribution in [0, 0.1) is 5.92 Å². The highest BCUT2D eigenvalue weighted by molar-refractivity contribution is 5.87. The third-order valence-corrected chi connectivity index (χ3v) is 3.31. The number of amides is 3. The lowest BCUT2D eigenvalue weighted by atomic mass is 9.98. The molecule has 1 atom stereocenters. The van der Waals surface area contributed by atoms with Gasteiger partial charge in [0.15, 0.2) is 0 Å². The molecule has 1 rings (SSSR count). The Hall–Kier alpha value is -1.83. The van der Waals surface area contributed by atoms with Gasteiger partial charge in [0, 0.05) is 26.8 Å². The Balaban J connectivity index is 2.45. The largest absolute Gasteiger partial charge is 0.480 e. The summed E-state index contributed by atoms with van der Waals surface area (Å²) in [6, 6.07) is -1.76. The van der Waals surface area contributed by atoms with E-state index in [4.69, 9.17) is 15.6 Å². The molecular weight excluding hydrogens is 266 g/mol. The molecule has 4 N–H and O–H groups in total. The molecular formula is C12H21N3O5. The second-order valence-corrected chi connectivity index (χ2v) is 4.90. The van der Waals surface area contributed by atoms with E-state index in [9.17, 15) is 14.4 Å². The van der Waals surface area contributed by atoms with E-state index in [1.807, 2.05) is 0 Å². The molecule has 0 radical (unpaired) electrons. The van der Waals surface area contributed by atoms with Crippen molar-refractivity contribution in [2.24, 2.45) is 11.7 Å². The monoisotopic (exact) mass is 287 g/mol. The normalized spacial score (nSPS) is 17.6. The van der Waals surface area contributed by atoms with Gasteiger partial charge in [-0.1, -0.05) is 0 Å². The minimum absolute atomic E-state index is 0.415. The second-order valence-electron chi connectivity index (χ2n) is 4.90. The third-order valence-electron chi connectivity index (χ3n) is 3.31. The fourth-order valence-electron chi connectivity index (χ4n) is 2.18. The minimum Gasteiger partial charge on any atom is -0.480 e. The Morgan fingerprint density at radius 1 is 1.40 bits per heavy atom. The van der Waals surface area contributed by atoms with Crippen LogP contribution in [0.4, 0.5) is 4.79 Å². The van der Waals surface area contributed by atoms with Gasteiger partial charge in [-0.25, -0.2) is 9.59 Å². The standard InChI is InChI=1S/C12H21N3O5/c1-20-7-8-2-4-15(5-3-8)12(19)14-9(11(17)18)6-10(13)16/h8-9H,2-7H2,1H3,(H2,13,16)(H,14,19)(H,17,18). The summed E-state index contributed by atoms with van der Waals surface area (Å²) in [6.07, 6.45) is 1.21. The first-order valence-electron chi connectivity index (χ1n) is 6.49. The zero-order chi connectivity index (χ0) is 15.1. The Morgan fingerprint density at radius 2 is 2.00 bits per heavy atom. The molecule has 0 aromatic carbocycles. The number of nitrogens with two attached hydrogens (primary N) is 1. The first-order valence-corrected chi connectivity index (χ1v) is 6.49. The number of nitrogens with zero attached hydrogens (tertiary/aromatic N) is 1. The molecule has 0 saturated carbocycles. The van der Waals surface area contributed by atoms with Crippen LogP contribution >= 0.6 is 0 Å². The third kappa shape index (κ3) is 5.04. The number of rotatable bonds is 6. The molecule has 8 heteroatoms. The lowest BCUT2D eigenvalue weighted by molar-refractivity contribution is -0.141. The van der Waals surface area contributed by atoms with Crippen molar-refractivity contribution in [3.8, 4) is 0 Å². The van der Waals surface area contributed by atoms with Gasteiger partial charge >= 0.3 is 12.0 Å². The van der Waals surface area contributed by atoms with Crippen LogP contribution in [0.3, 0.4) is 0 Å². The summed E-state index contributed by atoms with van der Waals surface area (Å²) in [4.78, 5) is 35.2. The van der Waals surface area contributed by atoms with E-state index in [0.29, 0.717) is 25.6 Å². The number of ether oxygens (including phenoxy) is 1. The number of carboxylic acid groups (broad SMARTS) is 1. The molecule has 0 bridgehead atoms. The van der Waals surface area contributed by atoms with Crippen LogP contribution in [0.25, 0.3) is 0 Å². The SMILES string of the molecule is COCC1CCN(C(=O)NC(CC(N)=O)C(=O)O)CC1. The summed E-state index contributed by atoms with van der Waals surface area (Å²) in [5.41, 5.74) is 4.96. The van der Waals surface area contributed by atoms with Crippen molar-refractivity contribution < 1.29 is 24.2 Å². The number of primary amides is 1. The molecule has 1 fully saturated rings. The Bertz CT molecular complexity index is 366. The highest BCUT2D eigenvalue weighted by atomic mass is 16.5. The highest BCUT2D eigenvalue weighted by Crippen LogP contribution is 2.17. The highest BCUT2D eigenvalue weighted by Gasteiger charge is 2.27. The maximum atomic E-state index is 11.9. The first-order chi connectivity index (χ1) is 9.43. The van der Waals surface area contributed by atoms with E-state index in [1.165, 1.54) is 0 Å². The van der Waals surface area contributed by atoms with Gasteiger partial charge in [0.05, 0.1) is 6.42 Å². The van der Waals surface area contributed by atoms with E-state index < -0.39 is 30.4 Å². The molecule has 1 saturated heterocycles. The molecule has 20 heavy (non-hydrogen) atoms. The molecule has 0 aliphatic carbocycles. The van der Waals surface area contributed by atoms with Crippen LogP contribution in [0.15, 0.2) is 0 Å². The van der Waals surface area contributed by atoms with Gasteiger partial charge in [0.1, 0.15) is 6.04 Å². The van der Waals surface area contributed by atoms with Crippen molar-refractivity contribution >= 4 is 17.9 Å². The number of likely N-dealkylation sites (tertiary alicyclic amines) is 1. The Kier molecular flexibility index (Phi) is 6.23. The van der Waals surface area contributed by atoms with Gasteiger partial charge in [-0.05, 0) is 18.8 Å². The van der Waals surface area contributed by atoms with Gasteiger partial charge in [0.25, 0.3) is 0 Å². The van der Waals surface area contributed by atoms with E-state index >= 15 is 0 Å². The summed E-state index contributed by atoms with van der Waals surface area (Å²) < 4.78 is 5.07. The van der Waals surface area contributed by atoms with Crippen LogP contribution in [0.2, 0.25) is 0 Å². The minimum atomic E-state index is -1.28. The predicted octanol–water partition coefficient (Wildman–Crippen LogP) is -0.617. The number of hydrogen-bond acceptors (Lipinski definition) is 4. The van der Waals surface area contributed by atoms with Gasteiger partial charge in [0.2, 0.25) is 5.91 Å². The molecule has 1 aliphatic rings. The lowest BCUT2D eigenvalue weighted by Crippen LogP contribution is -2.51. The Labute approximate surface area is 117 Å². The van der Waals surface area contributed by atoms with Crippen LogP contribution < -0.4 is 11.1 Å². The topological polar surface area (TPSA) is 122 Å². The second kappa shape index (κ2) is 7.68. The van der Waals surface area contributed by atoms with E-state index in [2.05, 4.69) is 5.32 Å². The summed E-state index contributed by atoms with van der Waals surface area (Å²) >= 11 is 0. The number of carbonyl (C=O) groups excluding carboxylic acids is 2. The average molecular weight is 287 g/mol. The van der Waals surface area contributed by atoms with E-state index in [0.717, 1.165) is 12.8 Å². The van der Waals surface area contributed by atoms with Crippen molar-refractivity contribution in [3.63, 3.8) is 0 Å². The quantitative estimate of drug-likeness (QED) is 0.601. The fraction of sp³-hybridized carbons (Fsp3) is 0.750. The van der Waals surface area contributed by atoms with Gasteiger partial charge in [-0.2, -0.15) is 0 Å². The Morgan fingerprint density at radius 3 is 2.45 bits per heavy atom. The number of piperidine rings is 1. The number of carboxylic acids is 1. The molecule has 1 heterocycles. The number of hydrogen-bond donors (Lipinski definition) is 3. The summed E-state index contributed by atoms with van der Waals surface area (Å²) in [6.45, 7) is 1.75. The molecule has 1 unspecified atom stereocenters. The molecule has 1 aliphatic heterocycles. The van der Waals surface area contributed by atoms with Crippen LogP contribution in [0.1, 0.15) is 19.3 Å². The van der Waals surface area contributed by atoms with Crippen LogP contribution in [-0.4, -0.2) is 60.8 Å². The van der Waals surface area contributed by atoms with Gasteiger partial charge in [-0.3, -0.25) is 4.79 Å². The zero-order valence-corrected chi connectivity index (χ0v) is 11.5. The maximum Gasteiger partial charge on any atom is 0.326 e. The molecule has 0 aromatic rings. The maximum absolute atomic E-state index is 11.9. The van der Waals surface area contributed by atoms with Crippen molar-refractivity contribution in [3.05, 3.63) is 0 Å². The molecule has 3 amide bonds. The number of methoxy groups -OCH3 is 1. The summed E-state index contributed by atoms with van der Waals surface area (Å²) in [7, 11) is 1.64. The molecule has 0 spiro atoms. The van der Waals surface area contributed by atoms with Gasteiger partial charge in [-0.15, -0.1) is 0 Å². The number of aliphatic carboxylic acids is 1. The number of nitrogens with one attached hydrogen (secondary N) is 1. The summed E-state index contributed by atoms with van der Waals surface area (Å²) in [5.74, 6) is -1.62. The van der Waals surface area contributed by atoms with E-state index in [-0.39, 0.29) is 0 Å². The average Bonchev–Trinajstić information content (AvgIpc) is 2.38. The zero-order valence-electron chi connectivity index (χ0n) is 11.5. The number of urea groups is 1. The summed E-state index contributed by atoms with van der Waals surface area (Å²) in [5, 5.41) is 11.2. The molecule has 0 aromatic heterocycles. The first kappa shape index (κ1) is 16.2. The van der Waals surface area contributed by atoms with Gasteiger partial charge < -0.3 is 25.8 Å². The van der Waals surface area contributed by atoms with Crippen molar-refractivity contribution in [2.45, 2.75) is 25.3 Å². The lowest BCUT2D eigenvalue weighted by Gasteiger charge is -2.32. The van der Waals surface area contributed by atoms with E-state index in [1.54, 1.807) is 12.0 Å². The predicted molar refractivity (Wildman–Crippen MR) is 69.9 cm³/mol. The molecule has 114 valence electrons. The van der Waals surface area contributed by atoms with Crippen molar-refractivity contribution in [2.75, 3.05) is 26.8 Å². The smallest absolute Gasteiger partial charge is 0.326 e. The van der Waals surface area contributed by atoms with Crippen molar-refractivity contribution in [1.82, 2.24) is 10.2 Å². The van der Waals surface area contributed by atoms with Crippen molar-refractivity contribution in [1.29, 1.82) is 0 Å². The van der Waals surface area contributed by atoms with Crippen LogP contribution in [-0.2, 0) is 14.3 Å². The fourth-order valence-corrected chi connectivity index (χ4v) is 2.18. The molecule has 8 nitrogen and oxygen atoms in total. The van der Waals surface area contributed by atoms with Crippen LogP contribution in [0.5, 0.6) is 0 Å².